The van der Waals surface area contributed by atoms with Crippen LogP contribution in [0, 0.1) is 0 Å². The molecule has 170 valence electrons. The molecule has 4 rings (SSSR count). The number of aromatic nitrogens is 2. The summed E-state index contributed by atoms with van der Waals surface area (Å²) < 4.78 is 45.5. The van der Waals surface area contributed by atoms with Gasteiger partial charge in [0, 0.05) is 22.9 Å². The smallest absolute Gasteiger partial charge is 0.416 e. The Hall–Kier alpha value is -4.08. The standard InChI is InChI=1S/C23H19F3N4O3/c1-2-33-22(32)29-12-10-19(30-20(29)9-11-27-30)15-5-4-8-18(14-15)28-21(31)16-6-3-7-17(13-16)23(24,25)26/h3-11,13-14H,2,12H2,1H3,(H,28,31). The predicted molar refractivity (Wildman–Crippen MR) is 116 cm³/mol. The normalized spacial score (nSPS) is 13.2. The zero-order valence-corrected chi connectivity index (χ0v) is 17.5. The molecule has 0 unspecified atom stereocenters. The van der Waals surface area contributed by atoms with Crippen LogP contribution < -0.4 is 10.2 Å². The van der Waals surface area contributed by atoms with Gasteiger partial charge >= 0.3 is 12.3 Å². The van der Waals surface area contributed by atoms with Crippen molar-refractivity contribution >= 4 is 29.2 Å². The van der Waals surface area contributed by atoms with Gasteiger partial charge in [0.15, 0.2) is 0 Å². The molecule has 1 aliphatic heterocycles. The van der Waals surface area contributed by atoms with Crippen LogP contribution in [-0.2, 0) is 10.9 Å². The molecule has 0 fully saturated rings. The van der Waals surface area contributed by atoms with Gasteiger partial charge in [-0.3, -0.25) is 9.69 Å². The summed E-state index contributed by atoms with van der Waals surface area (Å²) in [4.78, 5) is 26.2. The number of hydrogen-bond donors (Lipinski definition) is 1. The van der Waals surface area contributed by atoms with Crippen LogP contribution >= 0.6 is 0 Å². The Morgan fingerprint density at radius 1 is 1.12 bits per heavy atom. The maximum absolute atomic E-state index is 13.0. The minimum atomic E-state index is -4.54. The van der Waals surface area contributed by atoms with E-state index < -0.39 is 23.7 Å². The van der Waals surface area contributed by atoms with Gasteiger partial charge in [0.25, 0.3) is 5.91 Å². The third-order valence-electron chi connectivity index (χ3n) is 4.95. The molecule has 0 radical (unpaired) electrons. The van der Waals surface area contributed by atoms with Crippen molar-refractivity contribution in [2.75, 3.05) is 23.4 Å². The Morgan fingerprint density at radius 3 is 2.67 bits per heavy atom. The molecule has 0 saturated heterocycles. The molecule has 1 aliphatic rings. The number of fused-ring (bicyclic) bond motifs is 1. The molecule has 0 aliphatic carbocycles. The van der Waals surface area contributed by atoms with E-state index in [9.17, 15) is 22.8 Å². The van der Waals surface area contributed by atoms with E-state index in [4.69, 9.17) is 4.74 Å². The number of hydrogen-bond acceptors (Lipinski definition) is 4. The molecule has 0 bridgehead atoms. The van der Waals surface area contributed by atoms with Crippen molar-refractivity contribution in [2.24, 2.45) is 0 Å². The number of nitrogens with zero attached hydrogens (tertiary/aromatic N) is 3. The van der Waals surface area contributed by atoms with Crippen LogP contribution in [0.5, 0.6) is 0 Å². The van der Waals surface area contributed by atoms with Gasteiger partial charge in [0.05, 0.1) is 30.6 Å². The predicted octanol–water partition coefficient (Wildman–Crippen LogP) is 5.02. The molecule has 0 saturated carbocycles. The van der Waals surface area contributed by atoms with Crippen molar-refractivity contribution in [3.8, 4) is 0 Å². The van der Waals surface area contributed by atoms with Crippen molar-refractivity contribution in [1.82, 2.24) is 9.78 Å². The van der Waals surface area contributed by atoms with Gasteiger partial charge in [-0.2, -0.15) is 18.3 Å². The quantitative estimate of drug-likeness (QED) is 0.598. The van der Waals surface area contributed by atoms with Gasteiger partial charge < -0.3 is 10.1 Å². The largest absolute Gasteiger partial charge is 0.449 e. The van der Waals surface area contributed by atoms with Gasteiger partial charge in [-0.15, -0.1) is 0 Å². The lowest BCUT2D eigenvalue weighted by molar-refractivity contribution is -0.137. The topological polar surface area (TPSA) is 76.5 Å². The van der Waals surface area contributed by atoms with E-state index in [2.05, 4.69) is 10.4 Å². The van der Waals surface area contributed by atoms with Crippen molar-refractivity contribution in [1.29, 1.82) is 0 Å². The zero-order valence-electron chi connectivity index (χ0n) is 17.5. The molecule has 0 atom stereocenters. The van der Waals surface area contributed by atoms with Crippen molar-refractivity contribution in [3.05, 3.63) is 83.6 Å². The van der Waals surface area contributed by atoms with Crippen LogP contribution in [0.25, 0.3) is 5.70 Å². The van der Waals surface area contributed by atoms with E-state index in [1.165, 1.54) is 17.0 Å². The summed E-state index contributed by atoms with van der Waals surface area (Å²) >= 11 is 0. The Bertz CT molecular complexity index is 1230. The van der Waals surface area contributed by atoms with Crippen molar-refractivity contribution in [3.63, 3.8) is 0 Å². The van der Waals surface area contributed by atoms with Crippen LogP contribution in [0.3, 0.4) is 0 Å². The van der Waals surface area contributed by atoms with Crippen molar-refractivity contribution in [2.45, 2.75) is 13.1 Å². The third-order valence-corrected chi connectivity index (χ3v) is 4.95. The molecule has 3 aromatic rings. The first kappa shape index (κ1) is 22.1. The lowest BCUT2D eigenvalue weighted by Gasteiger charge is -2.26. The monoisotopic (exact) mass is 456 g/mol. The lowest BCUT2D eigenvalue weighted by Crippen LogP contribution is -2.36. The summed E-state index contributed by atoms with van der Waals surface area (Å²) in [6.07, 6.45) is -1.68. The SMILES string of the molecule is CCOC(=O)N1CC=C(c2cccc(NC(=O)c3cccc(C(F)(F)F)c3)c2)n2nccc21. The minimum Gasteiger partial charge on any atom is -0.449 e. The number of carbonyl (C=O) groups is 2. The summed E-state index contributed by atoms with van der Waals surface area (Å²) in [5.41, 5.74) is 0.786. The minimum absolute atomic E-state index is 0.105. The van der Waals surface area contributed by atoms with E-state index in [1.807, 2.05) is 0 Å². The van der Waals surface area contributed by atoms with Gasteiger partial charge in [-0.05, 0) is 43.3 Å². The number of amides is 2. The highest BCUT2D eigenvalue weighted by Gasteiger charge is 2.31. The summed E-state index contributed by atoms with van der Waals surface area (Å²) in [7, 11) is 0. The summed E-state index contributed by atoms with van der Waals surface area (Å²) in [5.74, 6) is -0.131. The van der Waals surface area contributed by atoms with E-state index in [0.29, 0.717) is 22.8 Å². The van der Waals surface area contributed by atoms with Crippen LogP contribution in [0.2, 0.25) is 0 Å². The lowest BCUT2D eigenvalue weighted by atomic mass is 10.1. The van der Waals surface area contributed by atoms with Gasteiger partial charge in [-0.1, -0.05) is 18.2 Å². The second kappa shape index (κ2) is 8.81. The van der Waals surface area contributed by atoms with Gasteiger partial charge in [0.2, 0.25) is 0 Å². The molecule has 1 aromatic heterocycles. The fraction of sp³-hybridized carbons (Fsp3) is 0.174. The summed E-state index contributed by atoms with van der Waals surface area (Å²) in [6.45, 7) is 2.23. The third kappa shape index (κ3) is 4.59. The number of alkyl halides is 3. The number of benzene rings is 2. The molecule has 7 nitrogen and oxygen atoms in total. The molecule has 2 aromatic carbocycles. The first-order chi connectivity index (χ1) is 15.8. The Labute approximate surface area is 187 Å². The number of anilines is 2. The molecular formula is C23H19F3N4O3. The Morgan fingerprint density at radius 2 is 1.91 bits per heavy atom. The van der Waals surface area contributed by atoms with Gasteiger partial charge in [0.1, 0.15) is 5.82 Å². The maximum Gasteiger partial charge on any atom is 0.416 e. The van der Waals surface area contributed by atoms with E-state index in [-0.39, 0.29) is 18.7 Å². The van der Waals surface area contributed by atoms with E-state index in [0.717, 1.165) is 12.1 Å². The summed E-state index contributed by atoms with van der Waals surface area (Å²) in [5, 5.41) is 6.91. The highest BCUT2D eigenvalue weighted by atomic mass is 19.4. The van der Waals surface area contributed by atoms with Crippen LogP contribution in [0.1, 0.15) is 28.4 Å². The number of nitrogens with one attached hydrogen (secondary N) is 1. The Kier molecular flexibility index (Phi) is 5.91. The molecule has 2 heterocycles. The fourth-order valence-electron chi connectivity index (χ4n) is 3.45. The zero-order chi connectivity index (χ0) is 23.6. The average Bonchev–Trinajstić information content (AvgIpc) is 3.28. The first-order valence-electron chi connectivity index (χ1n) is 10.1. The second-order valence-electron chi connectivity index (χ2n) is 7.11. The van der Waals surface area contributed by atoms with Crippen molar-refractivity contribution < 1.29 is 27.5 Å². The number of halogens is 3. The highest BCUT2D eigenvalue weighted by Crippen LogP contribution is 2.31. The fourth-order valence-corrected chi connectivity index (χ4v) is 3.45. The highest BCUT2D eigenvalue weighted by molar-refractivity contribution is 6.04. The van der Waals surface area contributed by atoms with Crippen LogP contribution in [0.4, 0.5) is 29.5 Å². The first-order valence-corrected chi connectivity index (χ1v) is 10.1. The average molecular weight is 456 g/mol. The summed E-state index contributed by atoms with van der Waals surface area (Å²) in [6, 6.07) is 12.7. The van der Waals surface area contributed by atoms with E-state index in [1.54, 1.807) is 54.2 Å². The molecule has 1 N–H and O–H groups in total. The van der Waals surface area contributed by atoms with E-state index >= 15 is 0 Å². The number of ether oxygens (including phenoxy) is 1. The van der Waals surface area contributed by atoms with Crippen LogP contribution in [-0.4, -0.2) is 34.9 Å². The molecule has 2 amide bonds. The van der Waals surface area contributed by atoms with Crippen LogP contribution in [0.15, 0.2) is 66.9 Å². The molecular weight excluding hydrogens is 437 g/mol. The molecule has 33 heavy (non-hydrogen) atoms. The molecule has 10 heteroatoms. The molecule has 0 spiro atoms. The number of rotatable bonds is 4. The van der Waals surface area contributed by atoms with Gasteiger partial charge in [-0.25, -0.2) is 9.48 Å². The maximum atomic E-state index is 13.0. The second-order valence-corrected chi connectivity index (χ2v) is 7.11. The Balaban J connectivity index is 1.57. The number of carbonyl (C=O) groups excluding carboxylic acids is 2.